The van der Waals surface area contributed by atoms with Gasteiger partial charge in [0.25, 0.3) is 0 Å². The van der Waals surface area contributed by atoms with Gasteiger partial charge in [-0.2, -0.15) is 13.2 Å². The number of aliphatic imine (C=N–C) groups is 1. The number of carbonyl (C=O) groups is 1. The number of nitrogens with zero attached hydrogens (tertiary/aromatic N) is 1. The maximum absolute atomic E-state index is 11.2. The second kappa shape index (κ2) is 3.19. The van der Waals surface area contributed by atoms with Crippen LogP contribution in [0.1, 0.15) is 0 Å². The average molecular weight is 155 g/mol. The Bertz CT molecular complexity index is 151. The van der Waals surface area contributed by atoms with Crippen LogP contribution in [0.4, 0.5) is 13.2 Å². The summed E-state index contributed by atoms with van der Waals surface area (Å²) in [5.74, 6) is -1.48. The first-order chi connectivity index (χ1) is 4.42. The SMILES string of the molecule is O=C(O)C=NCC(F)(F)F. The first-order valence-corrected chi connectivity index (χ1v) is 2.21. The van der Waals surface area contributed by atoms with Crippen molar-refractivity contribution in [2.75, 3.05) is 6.54 Å². The molecule has 0 fully saturated rings. The lowest BCUT2D eigenvalue weighted by atomic mass is 10.6. The molecular formula is C4H4F3NO2. The minimum absolute atomic E-state index is 0.216. The summed E-state index contributed by atoms with van der Waals surface area (Å²) in [6.45, 7) is -1.45. The van der Waals surface area contributed by atoms with Crippen LogP contribution in [0, 0.1) is 0 Å². The number of carboxylic acid groups (broad SMARTS) is 1. The zero-order valence-corrected chi connectivity index (χ0v) is 4.72. The van der Waals surface area contributed by atoms with E-state index >= 15 is 0 Å². The van der Waals surface area contributed by atoms with E-state index in [0.29, 0.717) is 0 Å². The Morgan fingerprint density at radius 1 is 1.60 bits per heavy atom. The van der Waals surface area contributed by atoms with Crippen LogP contribution >= 0.6 is 0 Å². The van der Waals surface area contributed by atoms with Crippen molar-refractivity contribution in [3.8, 4) is 0 Å². The van der Waals surface area contributed by atoms with Crippen molar-refractivity contribution in [2.24, 2.45) is 4.99 Å². The molecule has 0 aliphatic rings. The maximum atomic E-state index is 11.2. The fraction of sp³-hybridized carbons (Fsp3) is 0.500. The van der Waals surface area contributed by atoms with E-state index in [0.717, 1.165) is 0 Å². The van der Waals surface area contributed by atoms with Gasteiger partial charge in [0.1, 0.15) is 12.8 Å². The van der Waals surface area contributed by atoms with Crippen LogP contribution in [0.2, 0.25) is 0 Å². The molecule has 0 heterocycles. The summed E-state index contributed by atoms with van der Waals surface area (Å²) >= 11 is 0. The van der Waals surface area contributed by atoms with Gasteiger partial charge < -0.3 is 5.11 Å². The van der Waals surface area contributed by atoms with Crippen LogP contribution in [0.3, 0.4) is 0 Å². The van der Waals surface area contributed by atoms with Crippen molar-refractivity contribution in [3.05, 3.63) is 0 Å². The minimum atomic E-state index is -4.42. The lowest BCUT2D eigenvalue weighted by molar-refractivity contribution is -0.129. The first kappa shape index (κ1) is 8.93. The lowest BCUT2D eigenvalue weighted by Crippen LogP contribution is -2.12. The van der Waals surface area contributed by atoms with Crippen LogP contribution < -0.4 is 0 Å². The van der Waals surface area contributed by atoms with E-state index < -0.39 is 18.7 Å². The molecule has 58 valence electrons. The van der Waals surface area contributed by atoms with Crippen LogP contribution in [0.15, 0.2) is 4.99 Å². The molecule has 0 rings (SSSR count). The summed E-state index contributed by atoms with van der Waals surface area (Å²) in [5, 5.41) is 7.79. The second-order valence-corrected chi connectivity index (χ2v) is 1.42. The molecule has 0 aliphatic carbocycles. The third kappa shape index (κ3) is 6.93. The Morgan fingerprint density at radius 3 is 2.40 bits per heavy atom. The molecule has 10 heavy (non-hydrogen) atoms. The number of hydrogen-bond acceptors (Lipinski definition) is 2. The predicted octanol–water partition coefficient (Wildman–Crippen LogP) is 0.704. The van der Waals surface area contributed by atoms with Gasteiger partial charge in [0.15, 0.2) is 0 Å². The zero-order chi connectivity index (χ0) is 8.20. The smallest absolute Gasteiger partial charge is 0.407 e. The highest BCUT2D eigenvalue weighted by molar-refractivity contribution is 6.21. The molecular weight excluding hydrogens is 151 g/mol. The molecule has 6 heteroatoms. The third-order valence-corrected chi connectivity index (χ3v) is 0.472. The van der Waals surface area contributed by atoms with Gasteiger partial charge >= 0.3 is 12.1 Å². The summed E-state index contributed by atoms with van der Waals surface area (Å²) in [5.41, 5.74) is 0. The van der Waals surface area contributed by atoms with Gasteiger partial charge in [-0.3, -0.25) is 4.99 Å². The Balaban J connectivity index is 3.64. The summed E-state index contributed by atoms with van der Waals surface area (Å²) in [6, 6.07) is 0. The van der Waals surface area contributed by atoms with Gasteiger partial charge in [-0.25, -0.2) is 4.79 Å². The standard InChI is InChI=1S/C4H4F3NO2/c5-4(6,7)2-8-1-3(9)10/h1H,2H2,(H,9,10). The molecule has 1 N–H and O–H groups in total. The monoisotopic (exact) mass is 155 g/mol. The van der Waals surface area contributed by atoms with Gasteiger partial charge in [-0.15, -0.1) is 0 Å². The molecule has 0 saturated carbocycles. The molecule has 0 amide bonds. The Hall–Kier alpha value is -1.07. The van der Waals surface area contributed by atoms with Crippen LogP contribution in [-0.4, -0.2) is 30.0 Å². The molecule has 3 nitrogen and oxygen atoms in total. The summed E-state index contributed by atoms with van der Waals surface area (Å²) in [7, 11) is 0. The van der Waals surface area contributed by atoms with Crippen molar-refractivity contribution in [1.29, 1.82) is 0 Å². The van der Waals surface area contributed by atoms with E-state index in [1.54, 1.807) is 0 Å². The Labute approximate surface area is 54.2 Å². The number of hydrogen-bond donors (Lipinski definition) is 1. The summed E-state index contributed by atoms with van der Waals surface area (Å²) in [6.07, 6.45) is -4.21. The normalized spacial score (nSPS) is 12.3. The van der Waals surface area contributed by atoms with Gasteiger partial charge in [0.2, 0.25) is 0 Å². The summed E-state index contributed by atoms with van der Waals surface area (Å²) < 4.78 is 33.6. The molecule has 0 aromatic rings. The molecule has 0 bridgehead atoms. The summed E-state index contributed by atoms with van der Waals surface area (Å²) in [4.78, 5) is 12.2. The van der Waals surface area contributed by atoms with Gasteiger partial charge in [0, 0.05) is 0 Å². The molecule has 0 aliphatic heterocycles. The number of aliphatic carboxylic acids is 1. The Kier molecular flexibility index (Phi) is 2.85. The van der Waals surface area contributed by atoms with Crippen molar-refractivity contribution < 1.29 is 23.1 Å². The fourth-order valence-corrected chi connectivity index (χ4v) is 0.227. The predicted molar refractivity (Wildman–Crippen MR) is 27.0 cm³/mol. The zero-order valence-electron chi connectivity index (χ0n) is 4.72. The van der Waals surface area contributed by atoms with E-state index in [9.17, 15) is 18.0 Å². The first-order valence-electron chi connectivity index (χ1n) is 2.21. The number of rotatable bonds is 2. The van der Waals surface area contributed by atoms with Crippen LogP contribution in [0.5, 0.6) is 0 Å². The second-order valence-electron chi connectivity index (χ2n) is 1.42. The molecule has 0 radical (unpaired) electrons. The fourth-order valence-electron chi connectivity index (χ4n) is 0.227. The number of alkyl halides is 3. The highest BCUT2D eigenvalue weighted by Gasteiger charge is 2.25. The molecule has 0 aromatic heterocycles. The Morgan fingerprint density at radius 2 is 2.10 bits per heavy atom. The van der Waals surface area contributed by atoms with Crippen molar-refractivity contribution >= 4 is 12.2 Å². The van der Waals surface area contributed by atoms with Crippen molar-refractivity contribution in [1.82, 2.24) is 0 Å². The topological polar surface area (TPSA) is 49.7 Å². The largest absolute Gasteiger partial charge is 0.477 e. The minimum Gasteiger partial charge on any atom is -0.477 e. The van der Waals surface area contributed by atoms with E-state index in [4.69, 9.17) is 5.11 Å². The van der Waals surface area contributed by atoms with Crippen LogP contribution in [0.25, 0.3) is 0 Å². The van der Waals surface area contributed by atoms with Crippen LogP contribution in [-0.2, 0) is 4.79 Å². The van der Waals surface area contributed by atoms with E-state index in [-0.39, 0.29) is 6.21 Å². The molecule has 0 saturated heterocycles. The quantitative estimate of drug-likeness (QED) is 0.597. The molecule has 0 spiro atoms. The van der Waals surface area contributed by atoms with Gasteiger partial charge in [0.05, 0.1) is 0 Å². The van der Waals surface area contributed by atoms with E-state index in [2.05, 4.69) is 4.99 Å². The highest BCUT2D eigenvalue weighted by atomic mass is 19.4. The average Bonchev–Trinajstić information content (AvgIpc) is 1.59. The maximum Gasteiger partial charge on any atom is 0.407 e. The van der Waals surface area contributed by atoms with Crippen molar-refractivity contribution in [3.63, 3.8) is 0 Å². The van der Waals surface area contributed by atoms with Gasteiger partial charge in [-0.1, -0.05) is 0 Å². The third-order valence-electron chi connectivity index (χ3n) is 0.472. The lowest BCUT2D eigenvalue weighted by Gasteiger charge is -1.98. The molecule has 0 aromatic carbocycles. The van der Waals surface area contributed by atoms with E-state index in [1.807, 2.05) is 0 Å². The van der Waals surface area contributed by atoms with Gasteiger partial charge in [-0.05, 0) is 0 Å². The number of halogens is 3. The van der Waals surface area contributed by atoms with E-state index in [1.165, 1.54) is 0 Å². The molecule has 0 unspecified atom stereocenters. The highest BCUT2D eigenvalue weighted by Crippen LogP contribution is 2.13. The number of carboxylic acids is 1. The molecule has 0 atom stereocenters. The van der Waals surface area contributed by atoms with Crippen molar-refractivity contribution in [2.45, 2.75) is 6.18 Å².